The predicted octanol–water partition coefficient (Wildman–Crippen LogP) is 5.92. The minimum atomic E-state index is 0.206. The molecule has 1 unspecified atom stereocenters. The molecule has 27 heavy (non-hydrogen) atoms. The van der Waals surface area contributed by atoms with Crippen molar-refractivity contribution in [2.24, 2.45) is 4.99 Å². The van der Waals surface area contributed by atoms with Gasteiger partial charge >= 0.3 is 0 Å². The van der Waals surface area contributed by atoms with Crippen molar-refractivity contribution in [3.8, 4) is 0 Å². The molecule has 0 radical (unpaired) electrons. The summed E-state index contributed by atoms with van der Waals surface area (Å²) in [5, 5.41) is 0. The molecule has 0 amide bonds. The third kappa shape index (κ3) is 3.87. The van der Waals surface area contributed by atoms with Crippen LogP contribution in [0.15, 0.2) is 41.4 Å². The van der Waals surface area contributed by atoms with Crippen molar-refractivity contribution in [3.05, 3.63) is 53.1 Å². The van der Waals surface area contributed by atoms with Crippen molar-refractivity contribution in [3.63, 3.8) is 0 Å². The first-order valence-corrected chi connectivity index (χ1v) is 9.96. The normalized spacial score (nSPS) is 18.6. The van der Waals surface area contributed by atoms with Crippen LogP contribution >= 0.6 is 0 Å². The average Bonchev–Trinajstić information content (AvgIpc) is 2.60. The van der Waals surface area contributed by atoms with Crippen molar-refractivity contribution >= 4 is 23.3 Å². The molecule has 1 aliphatic heterocycles. The number of nitrogens with zero attached hydrogens (tertiary/aromatic N) is 3. The van der Waals surface area contributed by atoms with Crippen LogP contribution in [0.1, 0.15) is 56.7 Å². The maximum absolute atomic E-state index is 4.72. The quantitative estimate of drug-likeness (QED) is 0.628. The Morgan fingerprint density at radius 1 is 1.19 bits per heavy atom. The summed E-state index contributed by atoms with van der Waals surface area (Å²) in [5.41, 5.74) is 7.73. The number of benzene rings is 2. The molecule has 1 heterocycles. The van der Waals surface area contributed by atoms with E-state index < -0.39 is 0 Å². The summed E-state index contributed by atoms with van der Waals surface area (Å²) in [4.78, 5) is 9.37. The second-order valence-corrected chi connectivity index (χ2v) is 8.60. The van der Waals surface area contributed by atoms with Crippen LogP contribution in [-0.4, -0.2) is 32.4 Å². The molecule has 0 saturated carbocycles. The van der Waals surface area contributed by atoms with Crippen LogP contribution in [0.4, 0.5) is 17.1 Å². The van der Waals surface area contributed by atoms with E-state index in [9.17, 15) is 0 Å². The van der Waals surface area contributed by atoms with Gasteiger partial charge in [0, 0.05) is 43.8 Å². The fourth-order valence-corrected chi connectivity index (χ4v) is 4.37. The fourth-order valence-electron chi connectivity index (χ4n) is 4.37. The second kappa shape index (κ2) is 7.38. The van der Waals surface area contributed by atoms with Gasteiger partial charge in [0.1, 0.15) is 0 Å². The maximum atomic E-state index is 4.72. The zero-order chi connectivity index (χ0) is 19.8. The van der Waals surface area contributed by atoms with E-state index in [1.807, 2.05) is 6.21 Å². The molecule has 1 atom stereocenters. The number of anilines is 2. The van der Waals surface area contributed by atoms with Crippen LogP contribution < -0.4 is 9.80 Å². The lowest BCUT2D eigenvalue weighted by Crippen LogP contribution is -2.48. The van der Waals surface area contributed by atoms with Gasteiger partial charge in [-0.15, -0.1) is 0 Å². The van der Waals surface area contributed by atoms with Gasteiger partial charge in [-0.2, -0.15) is 0 Å². The Morgan fingerprint density at radius 3 is 2.44 bits per heavy atom. The van der Waals surface area contributed by atoms with E-state index in [-0.39, 0.29) is 5.54 Å². The van der Waals surface area contributed by atoms with Crippen molar-refractivity contribution in [1.29, 1.82) is 0 Å². The van der Waals surface area contributed by atoms with E-state index in [1.165, 1.54) is 34.5 Å². The minimum absolute atomic E-state index is 0.206. The first-order chi connectivity index (χ1) is 12.7. The fraction of sp³-hybridized carbons (Fsp3) is 0.458. The Labute approximate surface area is 164 Å². The van der Waals surface area contributed by atoms with Crippen LogP contribution in [0.2, 0.25) is 0 Å². The van der Waals surface area contributed by atoms with Crippen LogP contribution in [0, 0.1) is 6.92 Å². The topological polar surface area (TPSA) is 18.8 Å². The predicted molar refractivity (Wildman–Crippen MR) is 119 cm³/mol. The lowest BCUT2D eigenvalue weighted by molar-refractivity contribution is 0.381. The Balaban J connectivity index is 1.93. The Kier molecular flexibility index (Phi) is 5.32. The number of hydrogen-bond acceptors (Lipinski definition) is 3. The lowest BCUT2D eigenvalue weighted by Gasteiger charge is -2.47. The lowest BCUT2D eigenvalue weighted by atomic mass is 9.79. The van der Waals surface area contributed by atoms with Crippen LogP contribution in [0.3, 0.4) is 0 Å². The van der Waals surface area contributed by atoms with Crippen LogP contribution in [-0.2, 0) is 0 Å². The first-order valence-electron chi connectivity index (χ1n) is 9.96. The zero-order valence-electron chi connectivity index (χ0n) is 17.9. The Hall–Kier alpha value is -2.29. The van der Waals surface area contributed by atoms with Gasteiger partial charge in [0.15, 0.2) is 0 Å². The van der Waals surface area contributed by atoms with Crippen molar-refractivity contribution in [1.82, 2.24) is 0 Å². The SMILES string of the molecule is CCN1c2cc(C)c(C=Nc3ccc(N(C)C)cc3)cc2C(C)CC1(C)C. The molecular weight excluding hydrogens is 330 g/mol. The number of rotatable bonds is 4. The highest BCUT2D eigenvalue weighted by molar-refractivity contribution is 5.86. The van der Waals surface area contributed by atoms with Gasteiger partial charge in [-0.1, -0.05) is 6.92 Å². The average molecular weight is 364 g/mol. The van der Waals surface area contributed by atoms with Gasteiger partial charge in [0.25, 0.3) is 0 Å². The summed E-state index contributed by atoms with van der Waals surface area (Å²) < 4.78 is 0. The molecule has 0 N–H and O–H groups in total. The molecule has 3 nitrogen and oxygen atoms in total. The van der Waals surface area contributed by atoms with Crippen molar-refractivity contribution < 1.29 is 0 Å². The van der Waals surface area contributed by atoms with E-state index in [2.05, 4.69) is 94.9 Å². The second-order valence-electron chi connectivity index (χ2n) is 8.60. The van der Waals surface area contributed by atoms with Crippen LogP contribution in [0.25, 0.3) is 0 Å². The largest absolute Gasteiger partial charge is 0.378 e. The molecule has 0 fully saturated rings. The van der Waals surface area contributed by atoms with E-state index >= 15 is 0 Å². The van der Waals surface area contributed by atoms with E-state index in [4.69, 9.17) is 4.99 Å². The monoisotopic (exact) mass is 363 g/mol. The summed E-state index contributed by atoms with van der Waals surface area (Å²) in [5.74, 6) is 0.560. The molecule has 3 rings (SSSR count). The van der Waals surface area contributed by atoms with Crippen molar-refractivity contribution in [2.75, 3.05) is 30.4 Å². The third-order valence-corrected chi connectivity index (χ3v) is 5.81. The minimum Gasteiger partial charge on any atom is -0.378 e. The zero-order valence-corrected chi connectivity index (χ0v) is 17.9. The highest BCUT2D eigenvalue weighted by atomic mass is 15.2. The van der Waals surface area contributed by atoms with E-state index in [0.717, 1.165) is 12.2 Å². The molecule has 2 aromatic carbocycles. The molecule has 0 aliphatic carbocycles. The summed E-state index contributed by atoms with van der Waals surface area (Å²) in [6, 6.07) is 13.1. The first kappa shape index (κ1) is 19.5. The summed E-state index contributed by atoms with van der Waals surface area (Å²) in [6.07, 6.45) is 3.20. The molecule has 0 saturated heterocycles. The van der Waals surface area contributed by atoms with Crippen LogP contribution in [0.5, 0.6) is 0 Å². The van der Waals surface area contributed by atoms with E-state index in [0.29, 0.717) is 5.92 Å². The molecule has 2 aromatic rings. The molecule has 1 aliphatic rings. The van der Waals surface area contributed by atoms with Gasteiger partial charge in [0.05, 0.1) is 5.69 Å². The highest BCUT2D eigenvalue weighted by Gasteiger charge is 2.35. The number of aryl methyl sites for hydroxylation is 1. The summed E-state index contributed by atoms with van der Waals surface area (Å²) in [7, 11) is 4.10. The van der Waals surface area contributed by atoms with Gasteiger partial charge in [0.2, 0.25) is 0 Å². The highest BCUT2D eigenvalue weighted by Crippen LogP contribution is 2.44. The van der Waals surface area contributed by atoms with Gasteiger partial charge in [-0.3, -0.25) is 4.99 Å². The summed E-state index contributed by atoms with van der Waals surface area (Å²) in [6.45, 7) is 12.6. The molecular formula is C24H33N3. The summed E-state index contributed by atoms with van der Waals surface area (Å²) >= 11 is 0. The van der Waals surface area contributed by atoms with Gasteiger partial charge in [-0.05, 0) is 93.1 Å². The van der Waals surface area contributed by atoms with E-state index in [1.54, 1.807) is 0 Å². The number of aliphatic imine (C=N–C) groups is 1. The Bertz CT molecular complexity index is 831. The molecule has 0 bridgehead atoms. The number of hydrogen-bond donors (Lipinski definition) is 0. The van der Waals surface area contributed by atoms with Crippen molar-refractivity contribution in [2.45, 2.75) is 52.5 Å². The molecule has 3 heteroatoms. The number of fused-ring (bicyclic) bond motifs is 1. The van der Waals surface area contributed by atoms with Gasteiger partial charge in [-0.25, -0.2) is 0 Å². The molecule has 0 aromatic heterocycles. The third-order valence-electron chi connectivity index (χ3n) is 5.81. The molecule has 144 valence electrons. The Morgan fingerprint density at radius 2 is 1.85 bits per heavy atom. The molecule has 0 spiro atoms. The maximum Gasteiger partial charge on any atom is 0.0631 e. The smallest absolute Gasteiger partial charge is 0.0631 e. The van der Waals surface area contributed by atoms with Gasteiger partial charge < -0.3 is 9.80 Å². The standard InChI is InChI=1S/C24H33N3/c1-8-27-23-13-17(2)19(14-22(23)18(3)15-24(27,4)5)16-25-20-9-11-21(12-10-20)26(6)7/h9-14,16,18H,8,15H2,1-7H3.